The summed E-state index contributed by atoms with van der Waals surface area (Å²) in [6.45, 7) is 3.69. The molecule has 1 aromatic carbocycles. The molecule has 1 fully saturated rings. The van der Waals surface area contributed by atoms with Crippen LogP contribution in [0.2, 0.25) is 0 Å². The van der Waals surface area contributed by atoms with Crippen molar-refractivity contribution in [1.82, 2.24) is 4.90 Å². The van der Waals surface area contributed by atoms with Crippen LogP contribution in [0, 0.1) is 0 Å². The van der Waals surface area contributed by atoms with Crippen LogP contribution >= 0.6 is 0 Å². The van der Waals surface area contributed by atoms with Crippen LogP contribution in [0.1, 0.15) is 26.2 Å². The Balaban J connectivity index is 1.66. The van der Waals surface area contributed by atoms with Crippen LogP contribution < -0.4 is 10.5 Å². The van der Waals surface area contributed by atoms with Crippen LogP contribution in [0.15, 0.2) is 30.3 Å². The number of hydrogen-bond donors (Lipinski definition) is 1. The van der Waals surface area contributed by atoms with E-state index in [-0.39, 0.29) is 24.6 Å². The van der Waals surface area contributed by atoms with Gasteiger partial charge in [0.15, 0.2) is 0 Å². The SMILES string of the molecule is CC(N)C1CCCCN1C(=O)COCCOc1ccccc1. The quantitative estimate of drug-likeness (QED) is 0.780. The Morgan fingerprint density at radius 2 is 2.09 bits per heavy atom. The van der Waals surface area contributed by atoms with Gasteiger partial charge in [0.25, 0.3) is 0 Å². The third-order valence-electron chi connectivity index (χ3n) is 3.94. The Labute approximate surface area is 132 Å². The molecule has 2 atom stereocenters. The van der Waals surface area contributed by atoms with Crippen LogP contribution in [0.3, 0.4) is 0 Å². The van der Waals surface area contributed by atoms with Gasteiger partial charge in [-0.1, -0.05) is 18.2 Å². The van der Waals surface area contributed by atoms with E-state index in [0.29, 0.717) is 13.2 Å². The second-order valence-corrected chi connectivity index (χ2v) is 5.72. The number of hydrogen-bond acceptors (Lipinski definition) is 4. The molecule has 5 heteroatoms. The standard InChI is InChI=1S/C17H26N2O3/c1-14(18)16-9-5-6-10-19(16)17(20)13-21-11-12-22-15-7-3-2-4-8-15/h2-4,7-8,14,16H,5-6,9-13,18H2,1H3. The number of piperidine rings is 1. The van der Waals surface area contributed by atoms with Gasteiger partial charge >= 0.3 is 0 Å². The first kappa shape index (κ1) is 16.8. The lowest BCUT2D eigenvalue weighted by Gasteiger charge is -2.38. The Morgan fingerprint density at radius 3 is 2.82 bits per heavy atom. The number of likely N-dealkylation sites (tertiary alicyclic amines) is 1. The van der Waals surface area contributed by atoms with Crippen molar-refractivity contribution < 1.29 is 14.3 Å². The van der Waals surface area contributed by atoms with Crippen LogP contribution in [0.25, 0.3) is 0 Å². The van der Waals surface area contributed by atoms with Gasteiger partial charge in [0.2, 0.25) is 5.91 Å². The fourth-order valence-electron chi connectivity index (χ4n) is 2.79. The molecule has 0 radical (unpaired) electrons. The van der Waals surface area contributed by atoms with E-state index in [4.69, 9.17) is 15.2 Å². The van der Waals surface area contributed by atoms with Gasteiger partial charge in [-0.3, -0.25) is 4.79 Å². The fourth-order valence-corrected chi connectivity index (χ4v) is 2.79. The normalized spacial score (nSPS) is 19.7. The highest BCUT2D eigenvalue weighted by Gasteiger charge is 2.28. The third-order valence-corrected chi connectivity index (χ3v) is 3.94. The Bertz CT molecular complexity index is 450. The maximum absolute atomic E-state index is 12.3. The predicted octanol–water partition coefficient (Wildman–Crippen LogP) is 1.81. The minimum absolute atomic E-state index is 0.00524. The van der Waals surface area contributed by atoms with E-state index in [0.717, 1.165) is 31.6 Å². The lowest BCUT2D eigenvalue weighted by atomic mass is 9.97. The van der Waals surface area contributed by atoms with Gasteiger partial charge in [-0.25, -0.2) is 0 Å². The maximum atomic E-state index is 12.3. The zero-order chi connectivity index (χ0) is 15.8. The number of carbonyl (C=O) groups excluding carboxylic acids is 1. The first-order chi connectivity index (χ1) is 10.7. The number of carbonyl (C=O) groups is 1. The number of nitrogens with zero attached hydrogens (tertiary/aromatic N) is 1. The number of rotatable bonds is 7. The van der Waals surface area contributed by atoms with Crippen molar-refractivity contribution >= 4 is 5.91 Å². The number of para-hydroxylation sites is 1. The Hall–Kier alpha value is -1.59. The lowest BCUT2D eigenvalue weighted by Crippen LogP contribution is -2.52. The van der Waals surface area contributed by atoms with Crippen LogP contribution in [-0.4, -0.2) is 49.3 Å². The highest BCUT2D eigenvalue weighted by molar-refractivity contribution is 5.78. The summed E-state index contributed by atoms with van der Waals surface area (Å²) < 4.78 is 11.0. The van der Waals surface area contributed by atoms with E-state index in [2.05, 4.69) is 0 Å². The first-order valence-electron chi connectivity index (χ1n) is 7.99. The van der Waals surface area contributed by atoms with Crippen molar-refractivity contribution in [2.75, 3.05) is 26.4 Å². The zero-order valence-electron chi connectivity index (χ0n) is 13.2. The predicted molar refractivity (Wildman–Crippen MR) is 85.8 cm³/mol. The van der Waals surface area contributed by atoms with Crippen molar-refractivity contribution in [2.45, 2.75) is 38.3 Å². The van der Waals surface area contributed by atoms with E-state index < -0.39 is 0 Å². The molecule has 0 bridgehead atoms. The average molecular weight is 306 g/mol. The maximum Gasteiger partial charge on any atom is 0.248 e. The zero-order valence-corrected chi connectivity index (χ0v) is 13.2. The van der Waals surface area contributed by atoms with Crippen molar-refractivity contribution in [2.24, 2.45) is 5.73 Å². The second-order valence-electron chi connectivity index (χ2n) is 5.72. The van der Waals surface area contributed by atoms with Gasteiger partial charge in [0, 0.05) is 18.6 Å². The largest absolute Gasteiger partial charge is 0.491 e. The highest BCUT2D eigenvalue weighted by Crippen LogP contribution is 2.19. The summed E-state index contributed by atoms with van der Waals surface area (Å²) in [5, 5.41) is 0. The van der Waals surface area contributed by atoms with Gasteiger partial charge in [0.1, 0.15) is 19.0 Å². The minimum Gasteiger partial charge on any atom is -0.491 e. The monoisotopic (exact) mass is 306 g/mol. The van der Waals surface area contributed by atoms with Gasteiger partial charge in [-0.15, -0.1) is 0 Å². The van der Waals surface area contributed by atoms with E-state index in [9.17, 15) is 4.79 Å². The minimum atomic E-state index is 0.00524. The molecular weight excluding hydrogens is 280 g/mol. The lowest BCUT2D eigenvalue weighted by molar-refractivity contribution is -0.140. The van der Waals surface area contributed by atoms with Gasteiger partial charge in [0.05, 0.1) is 6.61 Å². The van der Waals surface area contributed by atoms with Crippen molar-refractivity contribution in [3.63, 3.8) is 0 Å². The molecule has 1 aliphatic heterocycles. The summed E-state index contributed by atoms with van der Waals surface area (Å²) in [5.74, 6) is 0.840. The average Bonchev–Trinajstić information content (AvgIpc) is 2.55. The molecule has 1 saturated heterocycles. The fraction of sp³-hybridized carbons (Fsp3) is 0.588. The number of benzene rings is 1. The molecule has 0 aromatic heterocycles. The topological polar surface area (TPSA) is 64.8 Å². The van der Waals surface area contributed by atoms with E-state index in [1.54, 1.807) is 0 Å². The number of ether oxygens (including phenoxy) is 2. The van der Waals surface area contributed by atoms with Crippen LogP contribution in [-0.2, 0) is 9.53 Å². The number of nitrogens with two attached hydrogens (primary N) is 1. The van der Waals surface area contributed by atoms with Crippen LogP contribution in [0.5, 0.6) is 5.75 Å². The van der Waals surface area contributed by atoms with Gasteiger partial charge in [-0.05, 0) is 38.3 Å². The summed E-state index contributed by atoms with van der Waals surface area (Å²) in [6, 6.07) is 9.72. The van der Waals surface area contributed by atoms with E-state index in [1.807, 2.05) is 42.2 Å². The summed E-state index contributed by atoms with van der Waals surface area (Å²) >= 11 is 0. The second kappa shape index (κ2) is 8.76. The molecule has 5 nitrogen and oxygen atoms in total. The summed E-state index contributed by atoms with van der Waals surface area (Å²) in [5.41, 5.74) is 5.98. The molecular formula is C17H26N2O3. The third kappa shape index (κ3) is 5.00. The van der Waals surface area contributed by atoms with Crippen LogP contribution in [0.4, 0.5) is 0 Å². The highest BCUT2D eigenvalue weighted by atomic mass is 16.5. The number of amides is 1. The molecule has 1 heterocycles. The molecule has 0 saturated carbocycles. The Morgan fingerprint density at radius 1 is 1.32 bits per heavy atom. The molecule has 1 aromatic rings. The molecule has 1 aliphatic rings. The molecule has 0 spiro atoms. The smallest absolute Gasteiger partial charge is 0.248 e. The van der Waals surface area contributed by atoms with E-state index >= 15 is 0 Å². The van der Waals surface area contributed by atoms with Crippen molar-refractivity contribution in [3.8, 4) is 5.75 Å². The molecule has 2 rings (SSSR count). The molecule has 22 heavy (non-hydrogen) atoms. The first-order valence-corrected chi connectivity index (χ1v) is 7.99. The summed E-state index contributed by atoms with van der Waals surface area (Å²) in [7, 11) is 0. The molecule has 2 unspecified atom stereocenters. The van der Waals surface area contributed by atoms with Crippen molar-refractivity contribution in [3.05, 3.63) is 30.3 Å². The van der Waals surface area contributed by atoms with E-state index in [1.165, 1.54) is 0 Å². The summed E-state index contributed by atoms with van der Waals surface area (Å²) in [4.78, 5) is 14.1. The summed E-state index contributed by atoms with van der Waals surface area (Å²) in [6.07, 6.45) is 3.17. The van der Waals surface area contributed by atoms with Crippen molar-refractivity contribution in [1.29, 1.82) is 0 Å². The molecule has 2 N–H and O–H groups in total. The Kier molecular flexibility index (Phi) is 6.68. The molecule has 122 valence electrons. The molecule has 0 aliphatic carbocycles. The van der Waals surface area contributed by atoms with Gasteiger partial charge in [-0.2, -0.15) is 0 Å². The molecule has 1 amide bonds. The van der Waals surface area contributed by atoms with Gasteiger partial charge < -0.3 is 20.1 Å².